The van der Waals surface area contributed by atoms with Crippen molar-refractivity contribution in [2.75, 3.05) is 6.54 Å². The van der Waals surface area contributed by atoms with Crippen molar-refractivity contribution in [1.82, 2.24) is 10.6 Å². The van der Waals surface area contributed by atoms with E-state index in [1.54, 1.807) is 6.07 Å². The van der Waals surface area contributed by atoms with E-state index >= 15 is 0 Å². The SMILES string of the molecule is O=C1NCCCC1NCc1ccccc1C(F)(F)F. The highest BCUT2D eigenvalue weighted by Crippen LogP contribution is 2.31. The van der Waals surface area contributed by atoms with Crippen LogP contribution in [0.25, 0.3) is 0 Å². The second-order valence-corrected chi connectivity index (χ2v) is 4.52. The van der Waals surface area contributed by atoms with Gasteiger partial charge in [-0.15, -0.1) is 0 Å². The molecular formula is C13H15F3N2O. The summed E-state index contributed by atoms with van der Waals surface area (Å²) in [7, 11) is 0. The van der Waals surface area contributed by atoms with Crippen molar-refractivity contribution in [3.8, 4) is 0 Å². The van der Waals surface area contributed by atoms with Gasteiger partial charge in [0.05, 0.1) is 11.6 Å². The fraction of sp³-hybridized carbons (Fsp3) is 0.462. The zero-order chi connectivity index (χ0) is 13.9. The predicted octanol–water partition coefficient (Wildman–Crippen LogP) is 2.07. The van der Waals surface area contributed by atoms with Crippen molar-refractivity contribution in [1.29, 1.82) is 0 Å². The number of hydrogen-bond donors (Lipinski definition) is 2. The van der Waals surface area contributed by atoms with Crippen molar-refractivity contribution < 1.29 is 18.0 Å². The monoisotopic (exact) mass is 272 g/mol. The molecule has 6 heteroatoms. The van der Waals surface area contributed by atoms with Crippen LogP contribution in [-0.2, 0) is 17.5 Å². The standard InChI is InChI=1S/C13H15F3N2O/c14-13(15,16)10-5-2-1-4-9(10)8-18-11-6-3-7-17-12(11)19/h1-2,4-5,11,18H,3,6-8H2,(H,17,19). The first kappa shape index (κ1) is 13.9. The lowest BCUT2D eigenvalue weighted by Crippen LogP contribution is -2.48. The Bertz CT molecular complexity index is 459. The first-order valence-corrected chi connectivity index (χ1v) is 6.14. The zero-order valence-corrected chi connectivity index (χ0v) is 10.3. The third-order valence-corrected chi connectivity index (χ3v) is 3.15. The van der Waals surface area contributed by atoms with Gasteiger partial charge in [-0.3, -0.25) is 4.79 Å². The number of benzene rings is 1. The van der Waals surface area contributed by atoms with E-state index in [1.807, 2.05) is 0 Å². The molecule has 0 saturated carbocycles. The molecule has 0 aromatic heterocycles. The number of hydrogen-bond acceptors (Lipinski definition) is 2. The summed E-state index contributed by atoms with van der Waals surface area (Å²) in [6.45, 7) is 0.671. The fourth-order valence-electron chi connectivity index (χ4n) is 2.15. The van der Waals surface area contributed by atoms with Crippen LogP contribution in [-0.4, -0.2) is 18.5 Å². The minimum absolute atomic E-state index is 0.0355. The van der Waals surface area contributed by atoms with E-state index in [0.29, 0.717) is 13.0 Å². The summed E-state index contributed by atoms with van der Waals surface area (Å²) in [6.07, 6.45) is -2.88. The van der Waals surface area contributed by atoms with Crippen LogP contribution in [0.3, 0.4) is 0 Å². The quantitative estimate of drug-likeness (QED) is 0.884. The average Bonchev–Trinajstić information content (AvgIpc) is 2.37. The first-order valence-electron chi connectivity index (χ1n) is 6.14. The Morgan fingerprint density at radius 1 is 1.32 bits per heavy atom. The highest BCUT2D eigenvalue weighted by molar-refractivity contribution is 5.82. The third kappa shape index (κ3) is 3.47. The molecule has 1 fully saturated rings. The maximum absolute atomic E-state index is 12.8. The van der Waals surface area contributed by atoms with E-state index < -0.39 is 17.8 Å². The Morgan fingerprint density at radius 2 is 2.05 bits per heavy atom. The summed E-state index contributed by atoms with van der Waals surface area (Å²) < 4.78 is 38.4. The maximum atomic E-state index is 12.8. The van der Waals surface area contributed by atoms with Crippen LogP contribution in [0, 0.1) is 0 Å². The van der Waals surface area contributed by atoms with Gasteiger partial charge in [-0.2, -0.15) is 13.2 Å². The van der Waals surface area contributed by atoms with Crippen LogP contribution in [0.2, 0.25) is 0 Å². The smallest absolute Gasteiger partial charge is 0.355 e. The lowest BCUT2D eigenvalue weighted by molar-refractivity contribution is -0.138. The molecule has 0 radical (unpaired) electrons. The molecule has 1 saturated heterocycles. The topological polar surface area (TPSA) is 41.1 Å². The van der Waals surface area contributed by atoms with Crippen LogP contribution < -0.4 is 10.6 Å². The van der Waals surface area contributed by atoms with Gasteiger partial charge in [0.1, 0.15) is 0 Å². The van der Waals surface area contributed by atoms with E-state index in [2.05, 4.69) is 10.6 Å². The molecule has 2 rings (SSSR count). The number of piperidine rings is 1. The first-order chi connectivity index (χ1) is 8.98. The Morgan fingerprint density at radius 3 is 2.74 bits per heavy atom. The molecule has 1 heterocycles. The van der Waals surface area contributed by atoms with Crippen LogP contribution in [0.15, 0.2) is 24.3 Å². The van der Waals surface area contributed by atoms with Gasteiger partial charge in [0.2, 0.25) is 5.91 Å². The van der Waals surface area contributed by atoms with Gasteiger partial charge < -0.3 is 10.6 Å². The van der Waals surface area contributed by atoms with E-state index in [-0.39, 0.29) is 18.0 Å². The van der Waals surface area contributed by atoms with Gasteiger partial charge in [-0.25, -0.2) is 0 Å². The molecule has 104 valence electrons. The number of rotatable bonds is 3. The number of amides is 1. The van der Waals surface area contributed by atoms with Crippen molar-refractivity contribution in [3.63, 3.8) is 0 Å². The summed E-state index contributed by atoms with van der Waals surface area (Å²) in [5.74, 6) is -0.143. The molecule has 1 aliphatic heterocycles. The minimum atomic E-state index is -4.37. The normalized spacial score (nSPS) is 20.2. The van der Waals surface area contributed by atoms with Gasteiger partial charge in [0.15, 0.2) is 0 Å². The summed E-state index contributed by atoms with van der Waals surface area (Å²) in [6, 6.07) is 5.00. The lowest BCUT2D eigenvalue weighted by atomic mass is 10.0. The van der Waals surface area contributed by atoms with E-state index in [4.69, 9.17) is 0 Å². The van der Waals surface area contributed by atoms with Crippen LogP contribution in [0.5, 0.6) is 0 Å². The van der Waals surface area contributed by atoms with Gasteiger partial charge in [0.25, 0.3) is 0 Å². The molecule has 0 spiro atoms. The van der Waals surface area contributed by atoms with Crippen LogP contribution in [0.1, 0.15) is 24.0 Å². The summed E-state index contributed by atoms with van der Waals surface area (Å²) in [5, 5.41) is 5.58. The molecule has 2 N–H and O–H groups in total. The molecule has 0 bridgehead atoms. The molecule has 19 heavy (non-hydrogen) atoms. The lowest BCUT2D eigenvalue weighted by Gasteiger charge is -2.23. The number of carbonyl (C=O) groups excluding carboxylic acids is 1. The van der Waals surface area contributed by atoms with Crippen molar-refractivity contribution in [3.05, 3.63) is 35.4 Å². The van der Waals surface area contributed by atoms with Crippen molar-refractivity contribution in [2.45, 2.75) is 31.6 Å². The zero-order valence-electron chi connectivity index (χ0n) is 10.3. The molecule has 1 aromatic rings. The number of carbonyl (C=O) groups is 1. The Hall–Kier alpha value is -1.56. The second-order valence-electron chi connectivity index (χ2n) is 4.52. The van der Waals surface area contributed by atoms with Gasteiger partial charge in [-0.05, 0) is 24.5 Å². The van der Waals surface area contributed by atoms with Gasteiger partial charge >= 0.3 is 6.18 Å². The average molecular weight is 272 g/mol. The molecule has 0 aliphatic carbocycles. The van der Waals surface area contributed by atoms with Crippen LogP contribution >= 0.6 is 0 Å². The predicted molar refractivity (Wildman–Crippen MR) is 64.3 cm³/mol. The van der Waals surface area contributed by atoms with Crippen molar-refractivity contribution in [2.24, 2.45) is 0 Å². The highest BCUT2D eigenvalue weighted by Gasteiger charge is 2.33. The highest BCUT2D eigenvalue weighted by atomic mass is 19.4. The van der Waals surface area contributed by atoms with E-state index in [9.17, 15) is 18.0 Å². The molecule has 1 atom stereocenters. The molecule has 1 aliphatic rings. The van der Waals surface area contributed by atoms with Gasteiger partial charge in [-0.1, -0.05) is 18.2 Å². The molecule has 1 aromatic carbocycles. The summed E-state index contributed by atoms with van der Waals surface area (Å²) in [5.41, 5.74) is -0.493. The maximum Gasteiger partial charge on any atom is 0.416 e. The summed E-state index contributed by atoms with van der Waals surface area (Å²) in [4.78, 5) is 11.5. The summed E-state index contributed by atoms with van der Waals surface area (Å²) >= 11 is 0. The largest absolute Gasteiger partial charge is 0.416 e. The Balaban J connectivity index is 2.05. The van der Waals surface area contributed by atoms with Crippen molar-refractivity contribution >= 4 is 5.91 Å². The Labute approximate surface area is 109 Å². The molecule has 3 nitrogen and oxygen atoms in total. The molecule has 1 unspecified atom stereocenters. The molecule has 1 amide bonds. The second kappa shape index (κ2) is 5.61. The van der Waals surface area contributed by atoms with Gasteiger partial charge in [0, 0.05) is 13.1 Å². The third-order valence-electron chi connectivity index (χ3n) is 3.15. The Kier molecular flexibility index (Phi) is 4.09. The fourth-order valence-corrected chi connectivity index (χ4v) is 2.15. The van der Waals surface area contributed by atoms with E-state index in [0.717, 1.165) is 12.5 Å². The number of halogens is 3. The molecular weight excluding hydrogens is 257 g/mol. The van der Waals surface area contributed by atoms with E-state index in [1.165, 1.54) is 12.1 Å². The minimum Gasteiger partial charge on any atom is -0.355 e. The number of nitrogens with one attached hydrogen (secondary N) is 2. The van der Waals surface area contributed by atoms with Crippen LogP contribution in [0.4, 0.5) is 13.2 Å². The number of alkyl halides is 3.